The molecule has 2 amide bonds. The lowest BCUT2D eigenvalue weighted by molar-refractivity contribution is -0.143. The van der Waals surface area contributed by atoms with Crippen LogP contribution in [0.3, 0.4) is 0 Å². The molecule has 0 unspecified atom stereocenters. The van der Waals surface area contributed by atoms with Crippen LogP contribution in [0.4, 0.5) is 0 Å². The summed E-state index contributed by atoms with van der Waals surface area (Å²) in [5.74, 6) is -0.306. The Kier molecular flexibility index (Phi) is 12.2. The van der Waals surface area contributed by atoms with Crippen LogP contribution in [0.2, 0.25) is 0 Å². The second-order valence-corrected chi connectivity index (χ2v) is 13.1. The van der Waals surface area contributed by atoms with E-state index in [1.165, 1.54) is 0 Å². The highest BCUT2D eigenvalue weighted by atomic mass is 16.2. The average Bonchev–Trinajstić information content (AvgIpc) is 3.05. The topological polar surface area (TPSA) is 82.8 Å². The van der Waals surface area contributed by atoms with E-state index in [4.69, 9.17) is 5.73 Å². The Morgan fingerprint density at radius 1 is 0.826 bits per heavy atom. The number of carbonyl (C=O) groups excluding carboxylic acids is 2. The molecule has 4 aromatic rings. The third-order valence-electron chi connectivity index (χ3n) is 8.46. The van der Waals surface area contributed by atoms with Crippen LogP contribution in [0.15, 0.2) is 109 Å². The quantitative estimate of drug-likeness (QED) is 0.177. The Labute approximate surface area is 274 Å². The lowest BCUT2D eigenvalue weighted by atomic mass is 9.98. The van der Waals surface area contributed by atoms with Gasteiger partial charge < -0.3 is 20.4 Å². The minimum absolute atomic E-state index is 0.0874. The van der Waals surface area contributed by atoms with Gasteiger partial charge in [-0.1, -0.05) is 84.9 Å². The highest BCUT2D eigenvalue weighted by Crippen LogP contribution is 2.20. The normalized spacial score (nSPS) is 13.2. The molecule has 242 valence electrons. The van der Waals surface area contributed by atoms with E-state index < -0.39 is 11.6 Å². The summed E-state index contributed by atoms with van der Waals surface area (Å²) in [5, 5.41) is 2.25. The number of nitrogens with zero attached hydrogens (tertiary/aromatic N) is 4. The highest BCUT2D eigenvalue weighted by molar-refractivity contribution is 5.93. The number of amides is 2. The van der Waals surface area contributed by atoms with Crippen LogP contribution in [-0.2, 0) is 28.9 Å². The molecule has 46 heavy (non-hydrogen) atoms. The van der Waals surface area contributed by atoms with Crippen LogP contribution in [0.5, 0.6) is 0 Å². The van der Waals surface area contributed by atoms with Crippen LogP contribution in [0.1, 0.15) is 37.1 Å². The number of nitrogens with two attached hydrogens (primary N) is 1. The van der Waals surface area contributed by atoms with Crippen molar-refractivity contribution in [3.63, 3.8) is 0 Å². The summed E-state index contributed by atoms with van der Waals surface area (Å²) < 4.78 is 0. The molecule has 7 heteroatoms. The summed E-state index contributed by atoms with van der Waals surface area (Å²) >= 11 is 0. The van der Waals surface area contributed by atoms with Gasteiger partial charge in [0, 0.05) is 63.5 Å². The molecular weight excluding hydrogens is 570 g/mol. The molecule has 0 aliphatic rings. The lowest BCUT2D eigenvalue weighted by Crippen LogP contribution is -2.54. The van der Waals surface area contributed by atoms with Crippen LogP contribution < -0.4 is 5.73 Å². The molecule has 7 nitrogen and oxygen atoms in total. The SMILES string of the molecule is CN(CCc1ccccn1)C[C@@H](Cc1ccccc1)N(C)C(=O)[C@@H](Cc1ccc2ccccc2c1)N(C)C(=O)/C=C/CC(C)(C)N. The van der Waals surface area contributed by atoms with Gasteiger partial charge in [-0.15, -0.1) is 0 Å². The van der Waals surface area contributed by atoms with Gasteiger partial charge in [0.2, 0.25) is 11.8 Å². The van der Waals surface area contributed by atoms with Crippen LogP contribution >= 0.6 is 0 Å². The number of benzene rings is 3. The van der Waals surface area contributed by atoms with Gasteiger partial charge in [-0.3, -0.25) is 14.6 Å². The van der Waals surface area contributed by atoms with E-state index in [9.17, 15) is 9.59 Å². The van der Waals surface area contributed by atoms with Crippen molar-refractivity contribution in [2.24, 2.45) is 5.73 Å². The van der Waals surface area contributed by atoms with E-state index in [2.05, 4.69) is 59.4 Å². The fourth-order valence-corrected chi connectivity index (χ4v) is 5.64. The predicted octanol–water partition coefficient (Wildman–Crippen LogP) is 5.53. The maximum atomic E-state index is 14.5. The summed E-state index contributed by atoms with van der Waals surface area (Å²) in [7, 11) is 5.69. The van der Waals surface area contributed by atoms with Crippen molar-refractivity contribution in [3.05, 3.63) is 126 Å². The number of fused-ring (bicyclic) bond motifs is 1. The molecule has 0 bridgehead atoms. The molecule has 0 aliphatic carbocycles. The van der Waals surface area contributed by atoms with Gasteiger partial charge in [-0.2, -0.15) is 0 Å². The van der Waals surface area contributed by atoms with Crippen molar-refractivity contribution in [2.45, 2.75) is 57.2 Å². The predicted molar refractivity (Wildman–Crippen MR) is 188 cm³/mol. The summed E-state index contributed by atoms with van der Waals surface area (Å²) in [5.41, 5.74) is 8.92. The van der Waals surface area contributed by atoms with E-state index in [1.807, 2.05) is 80.5 Å². The molecule has 0 radical (unpaired) electrons. The first-order valence-electron chi connectivity index (χ1n) is 16.1. The Hall–Kier alpha value is -4.33. The molecule has 1 heterocycles. The van der Waals surface area contributed by atoms with Crippen LogP contribution in [0, 0.1) is 0 Å². The third-order valence-corrected chi connectivity index (χ3v) is 8.46. The van der Waals surface area contributed by atoms with Gasteiger partial charge in [0.25, 0.3) is 0 Å². The first kappa shape index (κ1) is 34.5. The fraction of sp³-hybridized carbons (Fsp3) is 0.359. The van der Waals surface area contributed by atoms with E-state index >= 15 is 0 Å². The lowest BCUT2D eigenvalue weighted by Gasteiger charge is -2.36. The molecular formula is C39H49N5O2. The minimum Gasteiger partial charge on any atom is -0.339 e. The minimum atomic E-state index is -0.689. The summed E-state index contributed by atoms with van der Waals surface area (Å²) in [6, 6.07) is 29.9. The largest absolute Gasteiger partial charge is 0.339 e. The van der Waals surface area contributed by atoms with Gasteiger partial charge in [0.05, 0.1) is 0 Å². The average molecular weight is 620 g/mol. The Bertz CT molecular complexity index is 1580. The molecule has 0 fully saturated rings. The van der Waals surface area contributed by atoms with Crippen LogP contribution in [-0.4, -0.2) is 83.4 Å². The van der Waals surface area contributed by atoms with E-state index in [-0.39, 0.29) is 17.9 Å². The Morgan fingerprint density at radius 2 is 1.52 bits per heavy atom. The standard InChI is InChI=1S/C39H49N5O2/c1-39(2,40)23-13-19-37(45)44(5)36(28-31-20-21-32-16-9-10-17-33(32)26-31)38(46)43(4)35(27-30-14-7-6-8-15-30)29-42(3)25-22-34-18-11-12-24-41-34/h6-21,24,26,35-36H,22-23,25,27-29,40H2,1-5H3/b19-13+/t35-,36-/m1/s1. The molecule has 0 aliphatic heterocycles. The summed E-state index contributed by atoms with van der Waals surface area (Å²) in [6.45, 7) is 5.33. The van der Waals surface area contributed by atoms with Crippen molar-refractivity contribution >= 4 is 22.6 Å². The molecule has 2 atom stereocenters. The Balaban J connectivity index is 1.59. The molecule has 1 aromatic heterocycles. The maximum Gasteiger partial charge on any atom is 0.246 e. The van der Waals surface area contributed by atoms with Gasteiger partial charge in [0.1, 0.15) is 6.04 Å². The zero-order valence-corrected chi connectivity index (χ0v) is 28.0. The zero-order chi connectivity index (χ0) is 33.1. The molecule has 2 N–H and O–H groups in total. The first-order chi connectivity index (χ1) is 22.0. The van der Waals surface area contributed by atoms with Crippen molar-refractivity contribution in [1.29, 1.82) is 0 Å². The van der Waals surface area contributed by atoms with Gasteiger partial charge >= 0.3 is 0 Å². The fourth-order valence-electron chi connectivity index (χ4n) is 5.64. The number of carbonyl (C=O) groups is 2. The Morgan fingerprint density at radius 3 is 2.22 bits per heavy atom. The number of hydrogen-bond acceptors (Lipinski definition) is 5. The monoisotopic (exact) mass is 619 g/mol. The van der Waals surface area contributed by atoms with E-state index in [1.54, 1.807) is 24.1 Å². The zero-order valence-electron chi connectivity index (χ0n) is 28.0. The summed E-state index contributed by atoms with van der Waals surface area (Å²) in [4.78, 5) is 38.2. The smallest absolute Gasteiger partial charge is 0.246 e. The molecule has 4 rings (SSSR count). The third kappa shape index (κ3) is 10.4. The van der Waals surface area contributed by atoms with Crippen molar-refractivity contribution in [2.75, 3.05) is 34.2 Å². The number of pyridine rings is 1. The highest BCUT2D eigenvalue weighted by Gasteiger charge is 2.32. The van der Waals surface area contributed by atoms with E-state index in [0.29, 0.717) is 25.8 Å². The number of aromatic nitrogens is 1. The van der Waals surface area contributed by atoms with Gasteiger partial charge in [0.15, 0.2) is 0 Å². The van der Waals surface area contributed by atoms with Gasteiger partial charge in [-0.25, -0.2) is 0 Å². The molecule has 0 saturated carbocycles. The maximum absolute atomic E-state index is 14.5. The first-order valence-corrected chi connectivity index (χ1v) is 16.1. The molecule has 3 aromatic carbocycles. The van der Waals surface area contributed by atoms with Gasteiger partial charge in [-0.05, 0) is 73.8 Å². The van der Waals surface area contributed by atoms with Crippen LogP contribution in [0.25, 0.3) is 10.8 Å². The second kappa shape index (κ2) is 16.3. The van der Waals surface area contributed by atoms with Crippen molar-refractivity contribution < 1.29 is 9.59 Å². The van der Waals surface area contributed by atoms with E-state index in [0.717, 1.165) is 40.6 Å². The number of likely N-dealkylation sites (N-methyl/N-ethyl adjacent to an activating group) is 3. The molecule has 0 spiro atoms. The number of rotatable bonds is 15. The molecule has 0 saturated heterocycles. The number of hydrogen-bond donors (Lipinski definition) is 1. The van der Waals surface area contributed by atoms with Crippen molar-refractivity contribution in [3.8, 4) is 0 Å². The summed E-state index contributed by atoms with van der Waals surface area (Å²) in [6.07, 6.45) is 7.64. The van der Waals surface area contributed by atoms with Crippen molar-refractivity contribution in [1.82, 2.24) is 19.7 Å². The second-order valence-electron chi connectivity index (χ2n) is 13.1.